The minimum absolute atomic E-state index is 0.0503. The number of methoxy groups -OCH3 is 1. The van der Waals surface area contributed by atoms with E-state index in [-0.39, 0.29) is 12.0 Å². The molecular formula is C13H16O3. The van der Waals surface area contributed by atoms with Gasteiger partial charge in [-0.15, -0.1) is 0 Å². The molecule has 1 fully saturated rings. The maximum absolute atomic E-state index is 10.4. The minimum Gasteiger partial charge on any atom is -0.481 e. The van der Waals surface area contributed by atoms with Crippen molar-refractivity contribution in [3.8, 4) is 0 Å². The lowest BCUT2D eigenvalue weighted by Gasteiger charge is -2.13. The van der Waals surface area contributed by atoms with Crippen LogP contribution >= 0.6 is 0 Å². The number of carboxylic acids is 1. The summed E-state index contributed by atoms with van der Waals surface area (Å²) in [5, 5.41) is 8.59. The van der Waals surface area contributed by atoms with Crippen molar-refractivity contribution in [1.82, 2.24) is 0 Å². The zero-order chi connectivity index (χ0) is 11.6. The monoisotopic (exact) mass is 220 g/mol. The van der Waals surface area contributed by atoms with Crippen LogP contribution in [0.3, 0.4) is 0 Å². The highest BCUT2D eigenvalue weighted by Crippen LogP contribution is 2.48. The van der Waals surface area contributed by atoms with Gasteiger partial charge in [0, 0.05) is 13.5 Å². The Balaban J connectivity index is 2.02. The zero-order valence-electron chi connectivity index (χ0n) is 9.40. The summed E-state index contributed by atoms with van der Waals surface area (Å²) in [6.45, 7) is 0. The number of aryl methyl sites for hydroxylation is 1. The summed E-state index contributed by atoms with van der Waals surface area (Å²) in [5.41, 5.74) is 2.22. The van der Waals surface area contributed by atoms with Gasteiger partial charge < -0.3 is 9.84 Å². The van der Waals surface area contributed by atoms with Crippen LogP contribution in [0.25, 0.3) is 0 Å². The first kappa shape index (κ1) is 11.1. The number of aliphatic carboxylic acids is 1. The Labute approximate surface area is 95.0 Å². The molecule has 1 aliphatic rings. The van der Waals surface area contributed by atoms with Crippen LogP contribution in [-0.2, 0) is 21.6 Å². The standard InChI is InChI=1S/C13H16O3/c1-16-13(8-9-13)11-5-2-10(3-6-11)4-7-12(14)15/h2-3,5-6H,4,7-9H2,1H3,(H,14,15). The van der Waals surface area contributed by atoms with Crippen molar-refractivity contribution < 1.29 is 14.6 Å². The SMILES string of the molecule is COC1(c2ccc(CCC(=O)O)cc2)CC1. The van der Waals surface area contributed by atoms with Crippen molar-refractivity contribution in [1.29, 1.82) is 0 Å². The zero-order valence-corrected chi connectivity index (χ0v) is 9.40. The maximum atomic E-state index is 10.4. The molecule has 1 aromatic rings. The first-order valence-electron chi connectivity index (χ1n) is 5.53. The van der Waals surface area contributed by atoms with Crippen molar-refractivity contribution >= 4 is 5.97 Å². The highest BCUT2D eigenvalue weighted by Gasteiger charge is 2.44. The molecule has 1 aliphatic carbocycles. The number of carboxylic acid groups (broad SMARTS) is 1. The molecule has 1 N–H and O–H groups in total. The molecule has 0 aromatic heterocycles. The van der Waals surface area contributed by atoms with E-state index >= 15 is 0 Å². The fraction of sp³-hybridized carbons (Fsp3) is 0.462. The van der Waals surface area contributed by atoms with E-state index in [1.807, 2.05) is 24.3 Å². The number of carbonyl (C=O) groups is 1. The third-order valence-electron chi connectivity index (χ3n) is 3.20. The Hall–Kier alpha value is -1.35. The van der Waals surface area contributed by atoms with Crippen LogP contribution < -0.4 is 0 Å². The van der Waals surface area contributed by atoms with Crippen molar-refractivity contribution in [3.05, 3.63) is 35.4 Å². The molecule has 0 heterocycles. The Bertz CT molecular complexity index is 377. The lowest BCUT2D eigenvalue weighted by atomic mass is 10.0. The topological polar surface area (TPSA) is 46.5 Å². The Kier molecular flexibility index (Phi) is 2.97. The van der Waals surface area contributed by atoms with Crippen molar-refractivity contribution in [3.63, 3.8) is 0 Å². The highest BCUT2D eigenvalue weighted by atomic mass is 16.5. The number of hydrogen-bond acceptors (Lipinski definition) is 2. The molecule has 0 radical (unpaired) electrons. The molecule has 86 valence electrons. The summed E-state index contributed by atoms with van der Waals surface area (Å²) in [6, 6.07) is 8.09. The third kappa shape index (κ3) is 2.25. The van der Waals surface area contributed by atoms with E-state index in [4.69, 9.17) is 9.84 Å². The molecule has 0 bridgehead atoms. The summed E-state index contributed by atoms with van der Waals surface area (Å²) in [4.78, 5) is 10.4. The van der Waals surface area contributed by atoms with Crippen LogP contribution in [0.1, 0.15) is 30.4 Å². The number of rotatable bonds is 5. The summed E-state index contributed by atoms with van der Waals surface area (Å²) >= 11 is 0. The van der Waals surface area contributed by atoms with Crippen molar-refractivity contribution in [2.24, 2.45) is 0 Å². The number of ether oxygens (including phenoxy) is 1. The van der Waals surface area contributed by atoms with Crippen molar-refractivity contribution in [2.45, 2.75) is 31.3 Å². The van der Waals surface area contributed by atoms with Gasteiger partial charge >= 0.3 is 5.97 Å². The van der Waals surface area contributed by atoms with Gasteiger partial charge in [0.15, 0.2) is 0 Å². The average Bonchev–Trinajstić information content (AvgIpc) is 3.08. The van der Waals surface area contributed by atoms with Crippen LogP contribution in [-0.4, -0.2) is 18.2 Å². The normalized spacial score (nSPS) is 17.1. The summed E-state index contributed by atoms with van der Waals surface area (Å²) in [6.07, 6.45) is 2.94. The molecule has 2 rings (SSSR count). The Morgan fingerprint density at radius 2 is 2.00 bits per heavy atom. The smallest absolute Gasteiger partial charge is 0.303 e. The minimum atomic E-state index is -0.750. The van der Waals surface area contributed by atoms with Gasteiger partial charge in [-0.25, -0.2) is 0 Å². The van der Waals surface area contributed by atoms with Gasteiger partial charge in [-0.2, -0.15) is 0 Å². The predicted molar refractivity (Wildman–Crippen MR) is 60.3 cm³/mol. The summed E-state index contributed by atoms with van der Waals surface area (Å²) in [7, 11) is 1.74. The van der Waals surface area contributed by atoms with Crippen LogP contribution in [0, 0.1) is 0 Å². The largest absolute Gasteiger partial charge is 0.481 e. The molecule has 16 heavy (non-hydrogen) atoms. The lowest BCUT2D eigenvalue weighted by Crippen LogP contribution is -2.08. The number of benzene rings is 1. The molecule has 0 atom stereocenters. The van der Waals surface area contributed by atoms with E-state index in [9.17, 15) is 4.79 Å². The van der Waals surface area contributed by atoms with E-state index in [0.29, 0.717) is 6.42 Å². The predicted octanol–water partition coefficient (Wildman–Crippen LogP) is 2.34. The van der Waals surface area contributed by atoms with E-state index in [1.165, 1.54) is 5.56 Å². The van der Waals surface area contributed by atoms with E-state index in [0.717, 1.165) is 18.4 Å². The van der Waals surface area contributed by atoms with Gasteiger partial charge in [-0.3, -0.25) is 4.79 Å². The molecule has 1 aromatic carbocycles. The van der Waals surface area contributed by atoms with E-state index in [2.05, 4.69) is 0 Å². The second kappa shape index (κ2) is 4.26. The first-order chi connectivity index (χ1) is 7.66. The summed E-state index contributed by atoms with van der Waals surface area (Å²) in [5.74, 6) is -0.750. The van der Waals surface area contributed by atoms with Crippen molar-refractivity contribution in [2.75, 3.05) is 7.11 Å². The van der Waals surface area contributed by atoms with Gasteiger partial charge in [-0.1, -0.05) is 24.3 Å². The van der Waals surface area contributed by atoms with Gasteiger partial charge in [0.25, 0.3) is 0 Å². The van der Waals surface area contributed by atoms with Crippen LogP contribution in [0.15, 0.2) is 24.3 Å². The van der Waals surface area contributed by atoms with E-state index < -0.39 is 5.97 Å². The van der Waals surface area contributed by atoms with Crippen LogP contribution in [0.4, 0.5) is 0 Å². The second-order valence-electron chi connectivity index (χ2n) is 4.29. The lowest BCUT2D eigenvalue weighted by molar-refractivity contribution is -0.136. The van der Waals surface area contributed by atoms with Gasteiger partial charge in [0.2, 0.25) is 0 Å². The maximum Gasteiger partial charge on any atom is 0.303 e. The molecule has 0 saturated heterocycles. The molecule has 0 spiro atoms. The second-order valence-corrected chi connectivity index (χ2v) is 4.29. The fourth-order valence-corrected chi connectivity index (χ4v) is 1.95. The van der Waals surface area contributed by atoms with Crippen LogP contribution in [0.5, 0.6) is 0 Å². The molecule has 3 nitrogen and oxygen atoms in total. The van der Waals surface area contributed by atoms with Gasteiger partial charge in [-0.05, 0) is 30.4 Å². The molecule has 0 unspecified atom stereocenters. The van der Waals surface area contributed by atoms with Gasteiger partial charge in [0.05, 0.1) is 5.60 Å². The van der Waals surface area contributed by atoms with Crippen LogP contribution in [0.2, 0.25) is 0 Å². The van der Waals surface area contributed by atoms with Gasteiger partial charge in [0.1, 0.15) is 0 Å². The summed E-state index contributed by atoms with van der Waals surface area (Å²) < 4.78 is 5.48. The third-order valence-corrected chi connectivity index (χ3v) is 3.20. The Morgan fingerprint density at radius 1 is 1.38 bits per heavy atom. The highest BCUT2D eigenvalue weighted by molar-refractivity contribution is 5.67. The average molecular weight is 220 g/mol. The quantitative estimate of drug-likeness (QED) is 0.828. The molecule has 0 aliphatic heterocycles. The molecular weight excluding hydrogens is 204 g/mol. The first-order valence-corrected chi connectivity index (χ1v) is 5.53. The van der Waals surface area contributed by atoms with E-state index in [1.54, 1.807) is 7.11 Å². The molecule has 0 amide bonds. The fourth-order valence-electron chi connectivity index (χ4n) is 1.95. The number of hydrogen-bond donors (Lipinski definition) is 1. The Morgan fingerprint density at radius 3 is 2.44 bits per heavy atom. The molecule has 1 saturated carbocycles. The molecule has 3 heteroatoms.